The first-order valence-corrected chi connectivity index (χ1v) is 18.1. The molecule has 0 amide bonds. The van der Waals surface area contributed by atoms with E-state index in [1.807, 2.05) is 0 Å². The van der Waals surface area contributed by atoms with E-state index in [0.717, 1.165) is 6.42 Å². The highest BCUT2D eigenvalue weighted by atomic mass is 14.3. The van der Waals surface area contributed by atoms with Crippen molar-refractivity contribution in [3.8, 4) is 44.5 Å². The Hall–Kier alpha value is -6.24. The molecule has 0 bridgehead atoms. The lowest BCUT2D eigenvalue weighted by Crippen LogP contribution is -2.02. The van der Waals surface area contributed by atoms with Gasteiger partial charge in [-0.3, -0.25) is 0 Å². The number of allylic oxidation sites excluding steroid dienone is 1. The van der Waals surface area contributed by atoms with E-state index < -0.39 is 0 Å². The van der Waals surface area contributed by atoms with Crippen LogP contribution in [0.4, 0.5) is 0 Å². The lowest BCUT2D eigenvalue weighted by atomic mass is 9.79. The lowest BCUT2D eigenvalue weighted by Gasteiger charge is -2.24. The third-order valence-corrected chi connectivity index (χ3v) is 11.1. The minimum atomic E-state index is 0.457. The zero-order valence-electron chi connectivity index (χ0n) is 28.6. The van der Waals surface area contributed by atoms with E-state index in [1.54, 1.807) is 0 Å². The Morgan fingerprint density at radius 3 is 1.84 bits per heavy atom. The van der Waals surface area contributed by atoms with Crippen molar-refractivity contribution in [1.82, 2.24) is 0 Å². The Morgan fingerprint density at radius 2 is 1.00 bits per heavy atom. The van der Waals surface area contributed by atoms with Gasteiger partial charge >= 0.3 is 0 Å². The van der Waals surface area contributed by atoms with Crippen LogP contribution in [0.5, 0.6) is 0 Å². The minimum absolute atomic E-state index is 0.457. The fourth-order valence-electron chi connectivity index (χ4n) is 8.55. The molecule has 0 N–H and O–H groups in total. The molecule has 51 heavy (non-hydrogen) atoms. The minimum Gasteiger partial charge on any atom is -0.0833 e. The van der Waals surface area contributed by atoms with E-state index in [2.05, 4.69) is 189 Å². The fourth-order valence-corrected chi connectivity index (χ4v) is 8.55. The predicted octanol–water partition coefficient (Wildman–Crippen LogP) is 14.5. The van der Waals surface area contributed by atoms with Crippen molar-refractivity contribution >= 4 is 49.2 Å². The van der Waals surface area contributed by atoms with Gasteiger partial charge in [0, 0.05) is 0 Å². The molecule has 0 nitrogen and oxygen atoms in total. The number of hydrogen-bond donors (Lipinski definition) is 0. The van der Waals surface area contributed by atoms with Gasteiger partial charge in [-0.15, -0.1) is 0 Å². The summed E-state index contributed by atoms with van der Waals surface area (Å²) >= 11 is 0. The molecule has 0 radical (unpaired) electrons. The third-order valence-electron chi connectivity index (χ3n) is 11.1. The molecular formula is C51H36. The van der Waals surface area contributed by atoms with Crippen molar-refractivity contribution < 1.29 is 0 Å². The molecule has 0 heteroatoms. The van der Waals surface area contributed by atoms with Crippen molar-refractivity contribution in [3.63, 3.8) is 0 Å². The van der Waals surface area contributed by atoms with Gasteiger partial charge in [0.05, 0.1) is 0 Å². The molecular weight excluding hydrogens is 613 g/mol. The number of hydrogen-bond acceptors (Lipinski definition) is 0. The maximum atomic E-state index is 2.52. The van der Waals surface area contributed by atoms with Crippen molar-refractivity contribution in [2.45, 2.75) is 19.3 Å². The fraction of sp³-hybridized carbons (Fsp3) is 0.0588. The van der Waals surface area contributed by atoms with Crippen molar-refractivity contribution in [2.24, 2.45) is 0 Å². The van der Waals surface area contributed by atoms with Crippen LogP contribution in [0.25, 0.3) is 93.7 Å². The van der Waals surface area contributed by atoms with Crippen molar-refractivity contribution in [3.05, 3.63) is 187 Å². The van der Waals surface area contributed by atoms with Crippen molar-refractivity contribution in [2.75, 3.05) is 0 Å². The van der Waals surface area contributed by atoms with Crippen LogP contribution < -0.4 is 0 Å². The largest absolute Gasteiger partial charge is 0.0833 e. The second-order valence-electron chi connectivity index (χ2n) is 14.1. The molecule has 0 aliphatic heterocycles. The standard InChI is InChI=1S/C51H36/c1-33-13-11-24-42-41-20-7-8-21-43(41)49(32-47(33)42)51-45-23-10-9-22-44(45)50(40-19-12-18-37(30-40)34-14-3-2-4-15-34)46-28-27-39(31-48(46)51)38-26-25-35-16-5-6-17-36(35)29-38/h2-12,14-33H,13H2,1H3. The normalized spacial score (nSPS) is 14.0. The molecule has 0 saturated carbocycles. The van der Waals surface area contributed by atoms with Gasteiger partial charge in [0.1, 0.15) is 0 Å². The first-order chi connectivity index (χ1) is 25.2. The highest BCUT2D eigenvalue weighted by Gasteiger charge is 2.23. The van der Waals surface area contributed by atoms with E-state index in [1.165, 1.54) is 98.7 Å². The smallest absolute Gasteiger partial charge is 0.00198 e. The van der Waals surface area contributed by atoms with Gasteiger partial charge in [-0.05, 0) is 135 Å². The van der Waals surface area contributed by atoms with Crippen LogP contribution in [0.3, 0.4) is 0 Å². The summed E-state index contributed by atoms with van der Waals surface area (Å²) in [6.07, 6.45) is 5.76. The van der Waals surface area contributed by atoms with Crippen LogP contribution in [-0.4, -0.2) is 0 Å². The SMILES string of the molecule is CC1CC=Cc2c1cc(-c1c3ccccc3c(-c3cccc(-c4ccccc4)c3)c3ccc(-c4ccc5ccccc5c4)cc13)c1ccccc21. The molecule has 10 rings (SSSR count). The van der Waals surface area contributed by atoms with Crippen LogP contribution >= 0.6 is 0 Å². The Kier molecular flexibility index (Phi) is 6.96. The summed E-state index contributed by atoms with van der Waals surface area (Å²) in [6, 6.07) is 63.1. The number of benzene rings is 9. The maximum absolute atomic E-state index is 2.52. The maximum Gasteiger partial charge on any atom is -0.00198 e. The molecule has 9 aromatic carbocycles. The van der Waals surface area contributed by atoms with Gasteiger partial charge in [-0.1, -0.05) is 165 Å². The number of fused-ring (bicyclic) bond motifs is 6. The summed E-state index contributed by atoms with van der Waals surface area (Å²) in [5.41, 5.74) is 12.9. The summed E-state index contributed by atoms with van der Waals surface area (Å²) in [7, 11) is 0. The predicted molar refractivity (Wildman–Crippen MR) is 220 cm³/mol. The van der Waals surface area contributed by atoms with E-state index >= 15 is 0 Å². The summed E-state index contributed by atoms with van der Waals surface area (Å²) < 4.78 is 0. The average Bonchev–Trinajstić information content (AvgIpc) is 3.20. The number of rotatable bonds is 4. The summed E-state index contributed by atoms with van der Waals surface area (Å²) in [5.74, 6) is 0.457. The van der Waals surface area contributed by atoms with Crippen LogP contribution in [0.1, 0.15) is 30.4 Å². The molecule has 1 atom stereocenters. The molecule has 0 spiro atoms. The van der Waals surface area contributed by atoms with Crippen LogP contribution in [0.2, 0.25) is 0 Å². The molecule has 240 valence electrons. The highest BCUT2D eigenvalue weighted by Crippen LogP contribution is 2.49. The monoisotopic (exact) mass is 648 g/mol. The lowest BCUT2D eigenvalue weighted by molar-refractivity contribution is 0.774. The van der Waals surface area contributed by atoms with E-state index in [0.29, 0.717) is 5.92 Å². The summed E-state index contributed by atoms with van der Waals surface area (Å²) in [6.45, 7) is 2.37. The molecule has 1 unspecified atom stereocenters. The molecule has 1 aliphatic rings. The van der Waals surface area contributed by atoms with E-state index in [9.17, 15) is 0 Å². The Balaban J connectivity index is 1.33. The van der Waals surface area contributed by atoms with Crippen LogP contribution in [-0.2, 0) is 0 Å². The second-order valence-corrected chi connectivity index (χ2v) is 14.1. The topological polar surface area (TPSA) is 0 Å². The van der Waals surface area contributed by atoms with Crippen LogP contribution in [0.15, 0.2) is 176 Å². The Bertz CT molecular complexity index is 2840. The quantitative estimate of drug-likeness (QED) is 0.167. The van der Waals surface area contributed by atoms with Gasteiger partial charge in [0.2, 0.25) is 0 Å². The average molecular weight is 649 g/mol. The van der Waals surface area contributed by atoms with E-state index in [-0.39, 0.29) is 0 Å². The zero-order chi connectivity index (χ0) is 33.9. The van der Waals surface area contributed by atoms with Gasteiger partial charge < -0.3 is 0 Å². The van der Waals surface area contributed by atoms with Gasteiger partial charge in [0.25, 0.3) is 0 Å². The Labute approximate surface area is 299 Å². The first-order valence-electron chi connectivity index (χ1n) is 18.1. The third kappa shape index (κ3) is 4.90. The molecule has 0 saturated heterocycles. The van der Waals surface area contributed by atoms with Gasteiger partial charge in [0.15, 0.2) is 0 Å². The van der Waals surface area contributed by atoms with E-state index in [4.69, 9.17) is 0 Å². The van der Waals surface area contributed by atoms with Crippen molar-refractivity contribution in [1.29, 1.82) is 0 Å². The molecule has 0 heterocycles. The zero-order valence-corrected chi connectivity index (χ0v) is 28.6. The highest BCUT2D eigenvalue weighted by molar-refractivity contribution is 6.24. The molecule has 0 aromatic heterocycles. The first kappa shape index (κ1) is 29.7. The summed E-state index contributed by atoms with van der Waals surface area (Å²) in [5, 5.41) is 10.3. The van der Waals surface area contributed by atoms with Crippen LogP contribution in [0, 0.1) is 0 Å². The molecule has 9 aromatic rings. The summed E-state index contributed by atoms with van der Waals surface area (Å²) in [4.78, 5) is 0. The molecule has 1 aliphatic carbocycles. The Morgan fingerprint density at radius 1 is 0.392 bits per heavy atom. The molecule has 0 fully saturated rings. The van der Waals surface area contributed by atoms with Gasteiger partial charge in [-0.2, -0.15) is 0 Å². The second kappa shape index (κ2) is 12.0. The van der Waals surface area contributed by atoms with Gasteiger partial charge in [-0.25, -0.2) is 0 Å².